The monoisotopic (exact) mass is 336 g/mol. The van der Waals surface area contributed by atoms with E-state index in [0.29, 0.717) is 0 Å². The summed E-state index contributed by atoms with van der Waals surface area (Å²) in [5.74, 6) is 1.58. The van der Waals surface area contributed by atoms with E-state index in [1.807, 2.05) is 64.4 Å². The van der Waals surface area contributed by atoms with Gasteiger partial charge in [0, 0.05) is 36.2 Å². The zero-order chi connectivity index (χ0) is 16.7. The number of thiazole rings is 1. The molecule has 0 aliphatic heterocycles. The maximum Gasteiger partial charge on any atom is 0.234 e. The van der Waals surface area contributed by atoms with Crippen molar-refractivity contribution in [2.24, 2.45) is 7.05 Å². The summed E-state index contributed by atoms with van der Waals surface area (Å²) in [6.07, 6.45) is 7.88. The number of rotatable bonds is 3. The van der Waals surface area contributed by atoms with E-state index in [0.717, 1.165) is 40.1 Å². The van der Waals surface area contributed by atoms with E-state index in [4.69, 9.17) is 0 Å². The zero-order valence-electron chi connectivity index (χ0n) is 13.6. The van der Waals surface area contributed by atoms with E-state index in [1.165, 1.54) is 0 Å². The summed E-state index contributed by atoms with van der Waals surface area (Å²) in [6, 6.07) is 2.04. The van der Waals surface area contributed by atoms with Gasteiger partial charge in [0.2, 0.25) is 5.78 Å². The van der Waals surface area contributed by atoms with Crippen molar-refractivity contribution in [3.05, 3.63) is 52.3 Å². The Bertz CT molecular complexity index is 1040. The summed E-state index contributed by atoms with van der Waals surface area (Å²) in [4.78, 5) is 17.9. The zero-order valence-corrected chi connectivity index (χ0v) is 14.4. The van der Waals surface area contributed by atoms with Gasteiger partial charge >= 0.3 is 0 Å². The number of aromatic nitrogens is 6. The molecule has 6 nitrogen and oxygen atoms in total. The van der Waals surface area contributed by atoms with E-state index >= 15 is 0 Å². The molecule has 0 saturated heterocycles. The van der Waals surface area contributed by atoms with Gasteiger partial charge in [-0.1, -0.05) is 0 Å². The molecule has 4 aromatic heterocycles. The second-order valence-electron chi connectivity index (χ2n) is 5.68. The highest BCUT2D eigenvalue weighted by molar-refractivity contribution is 7.07. The van der Waals surface area contributed by atoms with Gasteiger partial charge in [-0.15, -0.1) is 11.3 Å². The van der Waals surface area contributed by atoms with Gasteiger partial charge < -0.3 is 4.57 Å². The largest absolute Gasteiger partial charge is 0.334 e. The summed E-state index contributed by atoms with van der Waals surface area (Å²) in [5.41, 5.74) is 6.54. The van der Waals surface area contributed by atoms with Crippen LogP contribution in [0.3, 0.4) is 0 Å². The molecule has 7 heteroatoms. The summed E-state index contributed by atoms with van der Waals surface area (Å²) in [5, 5.41) is 1.99. The van der Waals surface area contributed by atoms with Gasteiger partial charge in [-0.3, -0.25) is 4.40 Å². The fourth-order valence-corrected chi connectivity index (χ4v) is 3.17. The molecule has 0 amide bonds. The van der Waals surface area contributed by atoms with Gasteiger partial charge in [0.15, 0.2) is 0 Å². The fourth-order valence-electron chi connectivity index (χ4n) is 2.63. The van der Waals surface area contributed by atoms with Crippen LogP contribution in [0, 0.1) is 13.8 Å². The highest BCUT2D eigenvalue weighted by Crippen LogP contribution is 2.19. The highest BCUT2D eigenvalue weighted by Gasteiger charge is 2.08. The molecule has 0 atom stereocenters. The van der Waals surface area contributed by atoms with Crippen LogP contribution in [0.25, 0.3) is 29.3 Å². The van der Waals surface area contributed by atoms with Crippen molar-refractivity contribution in [2.45, 2.75) is 13.8 Å². The molecule has 24 heavy (non-hydrogen) atoms. The smallest absolute Gasteiger partial charge is 0.234 e. The molecule has 4 rings (SSSR count). The van der Waals surface area contributed by atoms with Crippen molar-refractivity contribution < 1.29 is 0 Å². The standard InChI is InChI=1S/C17H16N6S/c1-11-6-12(2)23-7-13(20-17(23)19-11)4-5-16-21-14(8-22(16)3)15-9-24-10-18-15/h4-10H,1-3H3/b5-4+. The first-order valence-corrected chi connectivity index (χ1v) is 8.48. The molecule has 120 valence electrons. The van der Waals surface area contributed by atoms with Crippen molar-refractivity contribution in [1.82, 2.24) is 28.9 Å². The van der Waals surface area contributed by atoms with Gasteiger partial charge in [-0.05, 0) is 32.1 Å². The minimum absolute atomic E-state index is 0.718. The van der Waals surface area contributed by atoms with Crippen molar-refractivity contribution in [2.75, 3.05) is 0 Å². The number of nitrogens with zero attached hydrogens (tertiary/aromatic N) is 6. The summed E-state index contributed by atoms with van der Waals surface area (Å²) < 4.78 is 3.97. The van der Waals surface area contributed by atoms with E-state index in [9.17, 15) is 0 Å². The second kappa shape index (κ2) is 5.68. The summed E-state index contributed by atoms with van der Waals surface area (Å²) in [6.45, 7) is 4.03. The van der Waals surface area contributed by atoms with Gasteiger partial charge in [-0.25, -0.2) is 19.9 Å². The van der Waals surface area contributed by atoms with Crippen LogP contribution in [0.5, 0.6) is 0 Å². The molecule has 0 fully saturated rings. The number of fused-ring (bicyclic) bond motifs is 1. The molecule has 0 spiro atoms. The molecule has 0 aliphatic rings. The maximum absolute atomic E-state index is 4.62. The Balaban J connectivity index is 1.67. The summed E-state index contributed by atoms with van der Waals surface area (Å²) in [7, 11) is 1.97. The number of aryl methyl sites for hydroxylation is 3. The van der Waals surface area contributed by atoms with Crippen LogP contribution in [-0.4, -0.2) is 28.9 Å². The molecule has 0 radical (unpaired) electrons. The molecule has 4 heterocycles. The van der Waals surface area contributed by atoms with Crippen LogP contribution in [0.4, 0.5) is 0 Å². The van der Waals surface area contributed by atoms with Crippen molar-refractivity contribution >= 4 is 29.3 Å². The topological polar surface area (TPSA) is 60.9 Å². The lowest BCUT2D eigenvalue weighted by molar-refractivity contribution is 0.898. The molecule has 0 bridgehead atoms. The van der Waals surface area contributed by atoms with E-state index in [-0.39, 0.29) is 0 Å². The number of hydrogen-bond donors (Lipinski definition) is 0. The first kappa shape index (κ1) is 14.8. The Morgan fingerprint density at radius 3 is 2.71 bits per heavy atom. The third-order valence-electron chi connectivity index (χ3n) is 3.79. The van der Waals surface area contributed by atoms with Crippen LogP contribution in [0.15, 0.2) is 29.4 Å². The molecule has 0 aliphatic carbocycles. The molecule has 4 aromatic rings. The van der Waals surface area contributed by atoms with Gasteiger partial charge in [0.25, 0.3) is 0 Å². The Morgan fingerprint density at radius 2 is 1.92 bits per heavy atom. The van der Waals surface area contributed by atoms with Gasteiger partial charge in [-0.2, -0.15) is 0 Å². The Kier molecular flexibility index (Phi) is 3.50. The maximum atomic E-state index is 4.62. The Hall–Kier alpha value is -2.80. The van der Waals surface area contributed by atoms with Crippen LogP contribution in [-0.2, 0) is 7.05 Å². The molecule has 0 saturated carbocycles. The quantitative estimate of drug-likeness (QED) is 0.575. The van der Waals surface area contributed by atoms with Gasteiger partial charge in [0.1, 0.15) is 17.2 Å². The first-order chi connectivity index (χ1) is 11.6. The fraction of sp³-hybridized carbons (Fsp3) is 0.176. The second-order valence-corrected chi connectivity index (χ2v) is 6.40. The van der Waals surface area contributed by atoms with Gasteiger partial charge in [0.05, 0.1) is 11.2 Å². The van der Waals surface area contributed by atoms with E-state index < -0.39 is 0 Å². The predicted octanol–water partition coefficient (Wildman–Crippen LogP) is 3.37. The van der Waals surface area contributed by atoms with Crippen molar-refractivity contribution in [1.29, 1.82) is 0 Å². The number of hydrogen-bond acceptors (Lipinski definition) is 5. The third-order valence-corrected chi connectivity index (χ3v) is 4.38. The average molecular weight is 336 g/mol. The Labute approximate surface area is 143 Å². The number of imidazole rings is 2. The van der Waals surface area contributed by atoms with Crippen LogP contribution in [0.2, 0.25) is 0 Å². The summed E-state index contributed by atoms with van der Waals surface area (Å²) >= 11 is 1.57. The van der Waals surface area contributed by atoms with Crippen molar-refractivity contribution in [3.8, 4) is 11.4 Å². The molecular formula is C17H16N6S. The lowest BCUT2D eigenvalue weighted by Gasteiger charge is -1.98. The predicted molar refractivity (Wildman–Crippen MR) is 95.7 cm³/mol. The highest BCUT2D eigenvalue weighted by atomic mass is 32.1. The molecular weight excluding hydrogens is 320 g/mol. The van der Waals surface area contributed by atoms with E-state index in [1.54, 1.807) is 11.3 Å². The molecule has 0 N–H and O–H groups in total. The van der Waals surface area contributed by atoms with Crippen LogP contribution < -0.4 is 0 Å². The molecule has 0 aromatic carbocycles. The van der Waals surface area contributed by atoms with Crippen molar-refractivity contribution in [3.63, 3.8) is 0 Å². The first-order valence-electron chi connectivity index (χ1n) is 7.53. The third kappa shape index (κ3) is 2.63. The lowest BCUT2D eigenvalue weighted by Crippen LogP contribution is -1.94. The van der Waals surface area contributed by atoms with Crippen LogP contribution >= 0.6 is 11.3 Å². The average Bonchev–Trinajstić information content (AvgIpc) is 3.24. The molecule has 0 unspecified atom stereocenters. The SMILES string of the molecule is Cc1cc(C)n2cc(/C=C/c3nc(-c4cscn4)cn3C)nc2n1. The Morgan fingerprint density at radius 1 is 1.04 bits per heavy atom. The van der Waals surface area contributed by atoms with Crippen LogP contribution in [0.1, 0.15) is 22.9 Å². The minimum atomic E-state index is 0.718. The lowest BCUT2D eigenvalue weighted by atomic mass is 10.3. The normalized spacial score (nSPS) is 11.8. The van der Waals surface area contributed by atoms with E-state index in [2.05, 4.69) is 26.9 Å². The minimum Gasteiger partial charge on any atom is -0.334 e.